The quantitative estimate of drug-likeness (QED) is 0.904. The molecule has 20 heavy (non-hydrogen) atoms. The third-order valence-electron chi connectivity index (χ3n) is 4.22. The minimum absolute atomic E-state index is 0.0587. The molecule has 1 aliphatic rings. The number of halogens is 2. The van der Waals surface area contributed by atoms with Gasteiger partial charge in [0.15, 0.2) is 0 Å². The molecule has 0 saturated carbocycles. The number of hydrogen-bond donors (Lipinski definition) is 1. The minimum Gasteiger partial charge on any atom is -0.315 e. The van der Waals surface area contributed by atoms with Gasteiger partial charge in [-0.2, -0.15) is 0 Å². The van der Waals surface area contributed by atoms with Crippen molar-refractivity contribution in [2.45, 2.75) is 18.8 Å². The summed E-state index contributed by atoms with van der Waals surface area (Å²) >= 11 is 5.96. The molecule has 2 aromatic rings. The zero-order chi connectivity index (χ0) is 14.2. The molecule has 1 aliphatic heterocycles. The van der Waals surface area contributed by atoms with Gasteiger partial charge < -0.3 is 5.32 Å². The molecule has 3 heteroatoms. The van der Waals surface area contributed by atoms with Crippen LogP contribution in [0, 0.1) is 12.7 Å². The van der Waals surface area contributed by atoms with Gasteiger partial charge in [0.25, 0.3) is 0 Å². The third-order valence-corrected chi connectivity index (χ3v) is 4.48. The molecule has 2 aromatic carbocycles. The second-order valence-corrected chi connectivity index (χ2v) is 6.07. The van der Waals surface area contributed by atoms with Crippen LogP contribution in [-0.4, -0.2) is 13.1 Å². The number of hydrogen-bond acceptors (Lipinski definition) is 1. The van der Waals surface area contributed by atoms with E-state index in [4.69, 9.17) is 11.6 Å². The van der Waals surface area contributed by atoms with Gasteiger partial charge in [-0.1, -0.05) is 29.8 Å². The van der Waals surface area contributed by atoms with Gasteiger partial charge in [-0.05, 0) is 54.3 Å². The lowest BCUT2D eigenvalue weighted by molar-refractivity contribution is 0.274. The van der Waals surface area contributed by atoms with Crippen LogP contribution in [0.3, 0.4) is 0 Å². The molecule has 0 amide bonds. The van der Waals surface area contributed by atoms with Gasteiger partial charge >= 0.3 is 0 Å². The van der Waals surface area contributed by atoms with Crippen LogP contribution >= 0.6 is 11.6 Å². The van der Waals surface area contributed by atoms with E-state index in [0.717, 1.165) is 35.7 Å². The molecule has 0 unspecified atom stereocenters. The molecule has 0 atom stereocenters. The monoisotopic (exact) mass is 289 g/mol. The summed E-state index contributed by atoms with van der Waals surface area (Å²) in [6.45, 7) is 3.88. The summed E-state index contributed by atoms with van der Waals surface area (Å²) in [6, 6.07) is 13.0. The van der Waals surface area contributed by atoms with Crippen molar-refractivity contribution in [3.05, 3.63) is 70.0 Å². The highest BCUT2D eigenvalue weighted by molar-refractivity contribution is 6.30. The predicted molar refractivity (Wildman–Crippen MR) is 80.8 cm³/mol. The molecule has 1 fully saturated rings. The van der Waals surface area contributed by atoms with Gasteiger partial charge in [-0.25, -0.2) is 4.39 Å². The fourth-order valence-electron chi connectivity index (χ4n) is 2.86. The first-order valence-electron chi connectivity index (χ1n) is 6.81. The molecule has 1 heterocycles. The Morgan fingerprint density at radius 1 is 1.15 bits per heavy atom. The second kappa shape index (κ2) is 5.19. The molecule has 0 radical (unpaired) electrons. The summed E-state index contributed by atoms with van der Waals surface area (Å²) in [5.74, 6) is -0.163. The van der Waals surface area contributed by atoms with Crippen LogP contribution in [-0.2, 0) is 11.8 Å². The lowest BCUT2D eigenvalue weighted by Crippen LogP contribution is -2.58. The molecule has 1 saturated heterocycles. The lowest BCUT2D eigenvalue weighted by Gasteiger charge is -2.44. The van der Waals surface area contributed by atoms with Crippen molar-refractivity contribution in [3.63, 3.8) is 0 Å². The Hall–Kier alpha value is -1.38. The molecule has 0 aliphatic carbocycles. The van der Waals surface area contributed by atoms with Crippen molar-refractivity contribution >= 4 is 11.6 Å². The van der Waals surface area contributed by atoms with Crippen LogP contribution in [0.2, 0.25) is 5.02 Å². The van der Waals surface area contributed by atoms with Crippen LogP contribution in [0.15, 0.2) is 42.5 Å². The summed E-state index contributed by atoms with van der Waals surface area (Å²) in [7, 11) is 0. The van der Waals surface area contributed by atoms with Gasteiger partial charge in [0, 0.05) is 23.5 Å². The van der Waals surface area contributed by atoms with E-state index in [-0.39, 0.29) is 11.2 Å². The lowest BCUT2D eigenvalue weighted by atomic mass is 9.70. The first-order chi connectivity index (χ1) is 9.59. The Bertz CT molecular complexity index is 617. The molecule has 3 rings (SSSR count). The van der Waals surface area contributed by atoms with Gasteiger partial charge in [0.2, 0.25) is 0 Å². The largest absolute Gasteiger partial charge is 0.315 e. The average molecular weight is 290 g/mol. The van der Waals surface area contributed by atoms with E-state index in [9.17, 15) is 4.39 Å². The SMILES string of the molecule is Cc1ccc(F)cc1CC1(c2ccc(Cl)cc2)CNC1. The Kier molecular flexibility index (Phi) is 3.53. The van der Waals surface area contributed by atoms with Crippen LogP contribution in [0.4, 0.5) is 4.39 Å². The maximum atomic E-state index is 13.5. The van der Waals surface area contributed by atoms with Crippen molar-refractivity contribution < 1.29 is 4.39 Å². The first-order valence-corrected chi connectivity index (χ1v) is 7.19. The van der Waals surface area contributed by atoms with Crippen LogP contribution < -0.4 is 5.32 Å². The molecule has 104 valence electrons. The first kappa shape index (κ1) is 13.6. The number of benzene rings is 2. The van der Waals surface area contributed by atoms with Gasteiger partial charge in [0.1, 0.15) is 5.82 Å². The summed E-state index contributed by atoms with van der Waals surface area (Å²) in [5, 5.41) is 4.09. The molecule has 0 aromatic heterocycles. The van der Waals surface area contributed by atoms with E-state index in [1.165, 1.54) is 11.6 Å². The average Bonchev–Trinajstić information content (AvgIpc) is 2.39. The van der Waals surface area contributed by atoms with Crippen molar-refractivity contribution in [1.82, 2.24) is 5.32 Å². The maximum Gasteiger partial charge on any atom is 0.123 e. The second-order valence-electron chi connectivity index (χ2n) is 5.64. The highest BCUT2D eigenvalue weighted by atomic mass is 35.5. The van der Waals surface area contributed by atoms with Gasteiger partial charge in [0.05, 0.1) is 0 Å². The molecular weight excluding hydrogens is 273 g/mol. The Balaban J connectivity index is 1.93. The van der Waals surface area contributed by atoms with Crippen molar-refractivity contribution in [3.8, 4) is 0 Å². The summed E-state index contributed by atoms with van der Waals surface area (Å²) in [5.41, 5.74) is 3.56. The smallest absolute Gasteiger partial charge is 0.123 e. The Morgan fingerprint density at radius 3 is 2.45 bits per heavy atom. The van der Waals surface area contributed by atoms with E-state index in [0.29, 0.717) is 0 Å². The fraction of sp³-hybridized carbons (Fsp3) is 0.294. The maximum absolute atomic E-state index is 13.5. The van der Waals surface area contributed by atoms with Crippen LogP contribution in [0.25, 0.3) is 0 Å². The van der Waals surface area contributed by atoms with E-state index < -0.39 is 0 Å². The van der Waals surface area contributed by atoms with E-state index >= 15 is 0 Å². The van der Waals surface area contributed by atoms with Gasteiger partial charge in [-0.3, -0.25) is 0 Å². The topological polar surface area (TPSA) is 12.0 Å². The number of nitrogens with one attached hydrogen (secondary N) is 1. The molecule has 0 bridgehead atoms. The molecular formula is C17H17ClFN. The minimum atomic E-state index is -0.163. The molecule has 1 nitrogen and oxygen atoms in total. The summed E-state index contributed by atoms with van der Waals surface area (Å²) in [6.07, 6.45) is 0.852. The zero-order valence-electron chi connectivity index (χ0n) is 11.4. The fourth-order valence-corrected chi connectivity index (χ4v) is 2.98. The van der Waals surface area contributed by atoms with Crippen LogP contribution in [0.1, 0.15) is 16.7 Å². The molecule has 1 N–H and O–H groups in total. The molecule has 0 spiro atoms. The van der Waals surface area contributed by atoms with Crippen LogP contribution in [0.5, 0.6) is 0 Å². The predicted octanol–water partition coefficient (Wildman–Crippen LogP) is 3.87. The van der Waals surface area contributed by atoms with Crippen molar-refractivity contribution in [2.24, 2.45) is 0 Å². The number of aryl methyl sites for hydroxylation is 1. The normalized spacial score (nSPS) is 16.8. The van der Waals surface area contributed by atoms with E-state index in [2.05, 4.69) is 17.4 Å². The van der Waals surface area contributed by atoms with Gasteiger partial charge in [-0.15, -0.1) is 0 Å². The third kappa shape index (κ3) is 2.46. The Labute approximate surface area is 123 Å². The highest BCUT2D eigenvalue weighted by Gasteiger charge is 2.38. The zero-order valence-corrected chi connectivity index (χ0v) is 12.2. The van der Waals surface area contributed by atoms with Crippen molar-refractivity contribution in [1.29, 1.82) is 0 Å². The van der Waals surface area contributed by atoms with E-state index in [1.807, 2.05) is 25.1 Å². The standard InChI is InChI=1S/C17H17ClFN/c1-12-2-7-16(19)8-13(12)9-17(10-20-11-17)14-3-5-15(18)6-4-14/h2-8,20H,9-11H2,1H3. The number of rotatable bonds is 3. The summed E-state index contributed by atoms with van der Waals surface area (Å²) in [4.78, 5) is 0. The van der Waals surface area contributed by atoms with Crippen molar-refractivity contribution in [2.75, 3.05) is 13.1 Å². The Morgan fingerprint density at radius 2 is 1.85 bits per heavy atom. The summed E-state index contributed by atoms with van der Waals surface area (Å²) < 4.78 is 13.5. The van der Waals surface area contributed by atoms with E-state index in [1.54, 1.807) is 6.07 Å². The highest BCUT2D eigenvalue weighted by Crippen LogP contribution is 2.34.